The Balaban J connectivity index is 2.84. The van der Waals surface area contributed by atoms with Crippen LogP contribution in [0, 0.1) is 13.8 Å². The number of halogens is 3. The van der Waals surface area contributed by atoms with Gasteiger partial charge >= 0.3 is 0 Å². The zero-order valence-electron chi connectivity index (χ0n) is 9.30. The molecule has 0 aliphatic heterocycles. The van der Waals surface area contributed by atoms with Crippen molar-refractivity contribution in [2.24, 2.45) is 0 Å². The molecule has 0 spiro atoms. The average molecular weight is 487 g/mol. The third kappa shape index (κ3) is 2.77. The quantitative estimate of drug-likeness (QED) is 0.458. The standard InChI is InChI=1S/C12H10Br2INS/c1-7-5-8(2)12-9(3-4-16(12)17-15)10(7)6-11(13)14/h3-6H,1-2H3. The number of fused-ring (bicyclic) bond motifs is 1. The van der Waals surface area contributed by atoms with Gasteiger partial charge < -0.3 is 0 Å². The molecule has 1 heterocycles. The minimum absolute atomic E-state index is 0.966. The molecule has 0 aliphatic rings. The van der Waals surface area contributed by atoms with Crippen molar-refractivity contribution >= 4 is 79.2 Å². The molecule has 0 unspecified atom stereocenters. The molecule has 0 saturated carbocycles. The third-order valence-corrected chi connectivity index (χ3v) is 4.89. The molecule has 0 amide bonds. The van der Waals surface area contributed by atoms with Crippen molar-refractivity contribution in [3.8, 4) is 0 Å². The number of hydrogen-bond donors (Lipinski definition) is 0. The minimum Gasteiger partial charge on any atom is -0.282 e. The Morgan fingerprint density at radius 2 is 2.06 bits per heavy atom. The number of aromatic nitrogens is 1. The van der Waals surface area contributed by atoms with E-state index in [-0.39, 0.29) is 0 Å². The smallest absolute Gasteiger partial charge is 0.0633 e. The van der Waals surface area contributed by atoms with Crippen LogP contribution in [0.15, 0.2) is 21.7 Å². The number of hydrogen-bond acceptors (Lipinski definition) is 1. The minimum atomic E-state index is 0.966. The molecule has 5 heteroatoms. The number of nitrogens with zero attached hydrogens (tertiary/aromatic N) is 1. The molecule has 0 fully saturated rings. The van der Waals surface area contributed by atoms with Gasteiger partial charge in [-0.1, -0.05) is 6.07 Å². The van der Waals surface area contributed by atoms with Crippen molar-refractivity contribution in [1.82, 2.24) is 3.97 Å². The lowest BCUT2D eigenvalue weighted by atomic mass is 10.0. The maximum absolute atomic E-state index is 3.44. The van der Waals surface area contributed by atoms with Gasteiger partial charge in [0.15, 0.2) is 0 Å². The van der Waals surface area contributed by atoms with Gasteiger partial charge in [-0.05, 0) is 74.5 Å². The maximum atomic E-state index is 3.44. The van der Waals surface area contributed by atoms with Crippen molar-refractivity contribution in [3.05, 3.63) is 38.4 Å². The molecule has 2 rings (SSSR count). The first-order chi connectivity index (χ1) is 8.04. The van der Waals surface area contributed by atoms with Gasteiger partial charge in [0.25, 0.3) is 0 Å². The fourth-order valence-corrected chi connectivity index (χ4v) is 3.92. The van der Waals surface area contributed by atoms with Gasteiger partial charge in [0.2, 0.25) is 0 Å². The van der Waals surface area contributed by atoms with E-state index in [1.54, 1.807) is 9.12 Å². The molecule has 1 nitrogen and oxygen atoms in total. The molecular formula is C12H10Br2INS. The molecule has 0 atom stereocenters. The first-order valence-electron chi connectivity index (χ1n) is 4.97. The highest BCUT2D eigenvalue weighted by atomic mass is 127. The Bertz CT molecular complexity index is 600. The van der Waals surface area contributed by atoms with Crippen LogP contribution in [0.5, 0.6) is 0 Å². The van der Waals surface area contributed by atoms with Crippen LogP contribution >= 0.6 is 62.2 Å². The van der Waals surface area contributed by atoms with Crippen LogP contribution in [-0.4, -0.2) is 3.97 Å². The van der Waals surface area contributed by atoms with E-state index in [1.807, 2.05) is 0 Å². The molecule has 90 valence electrons. The molecule has 0 saturated heterocycles. The van der Waals surface area contributed by atoms with E-state index >= 15 is 0 Å². The van der Waals surface area contributed by atoms with Gasteiger partial charge in [-0.2, -0.15) is 0 Å². The predicted molar refractivity (Wildman–Crippen MR) is 94.3 cm³/mol. The van der Waals surface area contributed by atoms with Gasteiger partial charge in [-0.3, -0.25) is 3.97 Å². The lowest BCUT2D eigenvalue weighted by Crippen LogP contribution is -1.89. The monoisotopic (exact) mass is 485 g/mol. The van der Waals surface area contributed by atoms with Gasteiger partial charge in [-0.25, -0.2) is 0 Å². The van der Waals surface area contributed by atoms with Crippen molar-refractivity contribution in [1.29, 1.82) is 0 Å². The summed E-state index contributed by atoms with van der Waals surface area (Å²) in [6, 6.07) is 4.41. The number of rotatable bonds is 2. The number of benzene rings is 1. The normalized spacial score (nSPS) is 10.9. The topological polar surface area (TPSA) is 4.93 Å². The zero-order valence-corrected chi connectivity index (χ0v) is 15.4. The van der Waals surface area contributed by atoms with Crippen LogP contribution in [0.2, 0.25) is 0 Å². The second-order valence-electron chi connectivity index (χ2n) is 3.83. The highest BCUT2D eigenvalue weighted by Crippen LogP contribution is 2.33. The first-order valence-corrected chi connectivity index (χ1v) is 9.88. The predicted octanol–water partition coefficient (Wildman–Crippen LogP) is 6.19. The summed E-state index contributed by atoms with van der Waals surface area (Å²) in [5, 5.41) is 1.29. The fraction of sp³-hybridized carbons (Fsp3) is 0.167. The summed E-state index contributed by atoms with van der Waals surface area (Å²) in [6.07, 6.45) is 4.23. The summed E-state index contributed by atoms with van der Waals surface area (Å²) >= 11 is 9.18. The van der Waals surface area contributed by atoms with Gasteiger partial charge in [0, 0.05) is 41.9 Å². The Hall–Kier alpha value is 0.540. The summed E-state index contributed by atoms with van der Waals surface area (Å²) < 4.78 is 3.16. The van der Waals surface area contributed by atoms with E-state index in [1.165, 1.54) is 27.6 Å². The van der Waals surface area contributed by atoms with E-state index in [0.29, 0.717) is 0 Å². The van der Waals surface area contributed by atoms with E-state index in [2.05, 4.69) is 95.3 Å². The molecule has 0 bridgehead atoms. The van der Waals surface area contributed by atoms with Crippen LogP contribution in [0.4, 0.5) is 0 Å². The molecule has 17 heavy (non-hydrogen) atoms. The van der Waals surface area contributed by atoms with Crippen LogP contribution in [0.3, 0.4) is 0 Å². The van der Waals surface area contributed by atoms with Crippen molar-refractivity contribution in [2.45, 2.75) is 13.8 Å². The van der Waals surface area contributed by atoms with Gasteiger partial charge in [0.05, 0.1) is 8.91 Å². The van der Waals surface area contributed by atoms with E-state index < -0.39 is 0 Å². The van der Waals surface area contributed by atoms with Gasteiger partial charge in [0.1, 0.15) is 0 Å². The van der Waals surface area contributed by atoms with Gasteiger partial charge in [-0.15, -0.1) is 0 Å². The summed E-state index contributed by atoms with van der Waals surface area (Å²) in [4.78, 5) is 0. The third-order valence-electron chi connectivity index (χ3n) is 2.70. The Kier molecular flexibility index (Phi) is 4.66. The lowest BCUT2D eigenvalue weighted by molar-refractivity contribution is 1.32. The van der Waals surface area contributed by atoms with E-state index in [4.69, 9.17) is 0 Å². The van der Waals surface area contributed by atoms with Crippen molar-refractivity contribution < 1.29 is 0 Å². The highest BCUT2D eigenvalue weighted by molar-refractivity contribution is 14.2. The lowest BCUT2D eigenvalue weighted by Gasteiger charge is -2.08. The Morgan fingerprint density at radius 3 is 2.65 bits per heavy atom. The SMILES string of the molecule is Cc1cc(C)c2c(ccn2SI)c1C=C(Br)Br. The Morgan fingerprint density at radius 1 is 1.35 bits per heavy atom. The summed E-state index contributed by atoms with van der Waals surface area (Å²) in [6.45, 7) is 4.31. The van der Waals surface area contributed by atoms with Crippen LogP contribution in [0.1, 0.15) is 16.7 Å². The molecule has 0 radical (unpaired) electrons. The van der Waals surface area contributed by atoms with Crippen LogP contribution in [0.25, 0.3) is 17.0 Å². The Labute approximate surface area is 134 Å². The molecule has 0 N–H and O–H groups in total. The summed E-state index contributed by atoms with van der Waals surface area (Å²) in [5.41, 5.74) is 5.16. The van der Waals surface area contributed by atoms with Crippen LogP contribution < -0.4 is 0 Å². The fourth-order valence-electron chi connectivity index (χ4n) is 2.06. The second-order valence-corrected chi connectivity index (χ2v) is 8.32. The second kappa shape index (κ2) is 5.67. The van der Waals surface area contributed by atoms with E-state index in [9.17, 15) is 0 Å². The van der Waals surface area contributed by atoms with E-state index in [0.717, 1.165) is 3.39 Å². The summed E-state index contributed by atoms with van der Waals surface area (Å²) in [5.74, 6) is 0. The molecule has 1 aromatic heterocycles. The molecule has 1 aromatic carbocycles. The summed E-state index contributed by atoms with van der Waals surface area (Å²) in [7, 11) is 1.70. The van der Waals surface area contributed by atoms with Crippen molar-refractivity contribution in [2.75, 3.05) is 0 Å². The molecular weight excluding hydrogens is 477 g/mol. The highest BCUT2D eigenvalue weighted by Gasteiger charge is 2.10. The largest absolute Gasteiger partial charge is 0.282 e. The van der Waals surface area contributed by atoms with Crippen molar-refractivity contribution in [3.63, 3.8) is 0 Å². The number of aryl methyl sites for hydroxylation is 2. The zero-order chi connectivity index (χ0) is 12.6. The molecule has 2 aromatic rings. The average Bonchev–Trinajstić information content (AvgIpc) is 2.67. The first kappa shape index (κ1) is 14.0. The molecule has 0 aliphatic carbocycles. The van der Waals surface area contributed by atoms with Crippen LogP contribution in [-0.2, 0) is 0 Å². The maximum Gasteiger partial charge on any atom is 0.0633 e.